The van der Waals surface area contributed by atoms with Gasteiger partial charge in [0.1, 0.15) is 24.9 Å². The number of rotatable bonds is 10. The first-order chi connectivity index (χ1) is 17.8. The molecule has 10 heteroatoms. The Morgan fingerprint density at radius 3 is 2.35 bits per heavy atom. The fourth-order valence-corrected chi connectivity index (χ4v) is 4.42. The van der Waals surface area contributed by atoms with Crippen LogP contribution in [0.5, 0.6) is 0 Å². The van der Waals surface area contributed by atoms with E-state index in [4.69, 9.17) is 10.7 Å². The van der Waals surface area contributed by atoms with Crippen LogP contribution >= 0.6 is 0 Å². The molecule has 0 bridgehead atoms. The van der Waals surface area contributed by atoms with Crippen LogP contribution in [-0.2, 0) is 17.9 Å². The molecule has 9 nitrogen and oxygen atoms in total. The maximum atomic E-state index is 14.8. The van der Waals surface area contributed by atoms with E-state index >= 15 is 0 Å². The van der Waals surface area contributed by atoms with Gasteiger partial charge in [0.25, 0.3) is 0 Å². The molecule has 4 rings (SSSR count). The number of hydrogen-bond acceptors (Lipinski definition) is 6. The number of benzene rings is 2. The molecule has 0 aliphatic heterocycles. The average molecular weight is 505 g/mol. The molecule has 2 atom stereocenters. The number of amides is 1. The van der Waals surface area contributed by atoms with Crippen molar-refractivity contribution < 1.29 is 9.18 Å². The van der Waals surface area contributed by atoms with Gasteiger partial charge in [-0.1, -0.05) is 81.4 Å². The Bertz CT molecular complexity index is 1270. The van der Waals surface area contributed by atoms with E-state index in [0.29, 0.717) is 12.4 Å². The van der Waals surface area contributed by atoms with Crippen LogP contribution in [0.1, 0.15) is 38.2 Å². The highest BCUT2D eigenvalue weighted by Gasteiger charge is 2.39. The van der Waals surface area contributed by atoms with Gasteiger partial charge in [-0.3, -0.25) is 4.79 Å². The van der Waals surface area contributed by atoms with Crippen molar-refractivity contribution in [3.05, 3.63) is 84.6 Å². The SMILES string of the molecule is CC(C)(C)[C@H](c1nc(-c2ccccc2)cn1Cc1ccccc1)N(C[C@@H](F)CN)C(=O)Cn1cnnn1. The standard InChI is InChI=1S/C27H33FN8O/c1-27(2,3)25(36(16-22(28)14-29)24(37)18-35-19-30-32-33-35)26-31-23(21-12-8-5-9-13-21)17-34(26)15-20-10-6-4-7-11-20/h4-13,17,19,22,25H,14-16,18,29H2,1-3H3/t22-,25-/m0/s1. The number of imidazole rings is 1. The van der Waals surface area contributed by atoms with Crippen molar-refractivity contribution >= 4 is 5.91 Å². The number of alkyl halides is 1. The minimum Gasteiger partial charge on any atom is -0.328 e. The summed E-state index contributed by atoms with van der Waals surface area (Å²) in [7, 11) is 0. The molecule has 2 N–H and O–H groups in total. The molecular weight excluding hydrogens is 471 g/mol. The summed E-state index contributed by atoms with van der Waals surface area (Å²) in [5.74, 6) is 0.350. The Morgan fingerprint density at radius 2 is 1.76 bits per heavy atom. The highest BCUT2D eigenvalue weighted by Crippen LogP contribution is 2.39. The number of halogens is 1. The molecule has 0 spiro atoms. The van der Waals surface area contributed by atoms with Gasteiger partial charge in [-0.05, 0) is 21.4 Å². The number of aromatic nitrogens is 6. The summed E-state index contributed by atoms with van der Waals surface area (Å²) >= 11 is 0. The molecule has 0 saturated carbocycles. The number of nitrogens with zero attached hydrogens (tertiary/aromatic N) is 7. The van der Waals surface area contributed by atoms with Gasteiger partial charge >= 0.3 is 0 Å². The Labute approximate surface area is 216 Å². The smallest absolute Gasteiger partial charge is 0.245 e. The molecule has 2 aromatic carbocycles. The second-order valence-corrected chi connectivity index (χ2v) is 10.1. The lowest BCUT2D eigenvalue weighted by atomic mass is 9.84. The van der Waals surface area contributed by atoms with E-state index in [-0.39, 0.29) is 25.5 Å². The maximum Gasteiger partial charge on any atom is 0.245 e. The highest BCUT2D eigenvalue weighted by atomic mass is 19.1. The van der Waals surface area contributed by atoms with Crippen molar-refractivity contribution in [3.63, 3.8) is 0 Å². The molecule has 0 aliphatic rings. The summed E-state index contributed by atoms with van der Waals surface area (Å²) in [6.07, 6.45) is 1.96. The van der Waals surface area contributed by atoms with Crippen LogP contribution in [0.4, 0.5) is 4.39 Å². The number of nitrogens with two attached hydrogens (primary N) is 1. The van der Waals surface area contributed by atoms with Gasteiger partial charge in [0, 0.05) is 24.8 Å². The second-order valence-electron chi connectivity index (χ2n) is 10.1. The van der Waals surface area contributed by atoms with Crippen molar-refractivity contribution in [1.29, 1.82) is 0 Å². The van der Waals surface area contributed by atoms with Crippen LogP contribution in [0.15, 0.2) is 73.2 Å². The number of hydrogen-bond donors (Lipinski definition) is 1. The van der Waals surface area contributed by atoms with Crippen molar-refractivity contribution in [1.82, 2.24) is 34.7 Å². The van der Waals surface area contributed by atoms with E-state index in [0.717, 1.165) is 16.8 Å². The third-order valence-electron chi connectivity index (χ3n) is 6.11. The minimum atomic E-state index is -1.39. The monoisotopic (exact) mass is 504 g/mol. The molecule has 0 unspecified atom stereocenters. The third kappa shape index (κ3) is 6.45. The molecule has 194 valence electrons. The summed E-state index contributed by atoms with van der Waals surface area (Å²) in [6.45, 7) is 6.13. The van der Waals surface area contributed by atoms with Gasteiger partial charge < -0.3 is 15.2 Å². The Morgan fingerprint density at radius 1 is 1.08 bits per heavy atom. The first-order valence-electron chi connectivity index (χ1n) is 12.3. The first-order valence-corrected chi connectivity index (χ1v) is 12.3. The molecule has 2 heterocycles. The van der Waals surface area contributed by atoms with Crippen LogP contribution < -0.4 is 5.73 Å². The van der Waals surface area contributed by atoms with Gasteiger partial charge in [-0.15, -0.1) is 5.10 Å². The van der Waals surface area contributed by atoms with Crippen molar-refractivity contribution in [2.75, 3.05) is 13.1 Å². The topological polar surface area (TPSA) is 108 Å². The molecule has 0 aliphatic carbocycles. The van der Waals surface area contributed by atoms with Crippen LogP contribution in [0.2, 0.25) is 0 Å². The lowest BCUT2D eigenvalue weighted by molar-refractivity contribution is -0.138. The van der Waals surface area contributed by atoms with Gasteiger partial charge in [-0.25, -0.2) is 14.1 Å². The molecule has 4 aromatic rings. The molecule has 37 heavy (non-hydrogen) atoms. The normalized spacial score (nSPS) is 13.3. The summed E-state index contributed by atoms with van der Waals surface area (Å²) in [5, 5.41) is 11.0. The zero-order chi connectivity index (χ0) is 26.4. The lowest BCUT2D eigenvalue weighted by Gasteiger charge is -2.40. The van der Waals surface area contributed by atoms with E-state index < -0.39 is 17.6 Å². The van der Waals surface area contributed by atoms with Gasteiger partial charge in [0.05, 0.1) is 18.3 Å². The summed E-state index contributed by atoms with van der Waals surface area (Å²) < 4.78 is 18.2. The number of carbonyl (C=O) groups is 1. The Kier molecular flexibility index (Phi) is 8.08. The summed E-state index contributed by atoms with van der Waals surface area (Å²) in [6, 6.07) is 19.4. The molecule has 0 fully saturated rings. The fraction of sp³-hybridized carbons (Fsp3) is 0.370. The van der Waals surface area contributed by atoms with Crippen molar-refractivity contribution in [3.8, 4) is 11.3 Å². The lowest BCUT2D eigenvalue weighted by Crippen LogP contribution is -2.47. The molecule has 2 aromatic heterocycles. The Hall–Kier alpha value is -3.92. The third-order valence-corrected chi connectivity index (χ3v) is 6.11. The fourth-order valence-electron chi connectivity index (χ4n) is 4.42. The predicted molar refractivity (Wildman–Crippen MR) is 139 cm³/mol. The van der Waals surface area contributed by atoms with E-state index in [1.807, 2.05) is 87.6 Å². The average Bonchev–Trinajstić information content (AvgIpc) is 3.54. The molecule has 0 saturated heterocycles. The van der Waals surface area contributed by atoms with Gasteiger partial charge in [0.2, 0.25) is 5.91 Å². The quantitative estimate of drug-likeness (QED) is 0.354. The van der Waals surface area contributed by atoms with Gasteiger partial charge in [0.15, 0.2) is 0 Å². The highest BCUT2D eigenvalue weighted by molar-refractivity contribution is 5.76. The molecule has 0 radical (unpaired) electrons. The van der Waals surface area contributed by atoms with Crippen molar-refractivity contribution in [2.45, 2.75) is 46.1 Å². The molecule has 1 amide bonds. The number of carbonyl (C=O) groups excluding carboxylic acids is 1. The number of tetrazole rings is 1. The van der Waals surface area contributed by atoms with Crippen LogP contribution in [0.3, 0.4) is 0 Å². The zero-order valence-electron chi connectivity index (χ0n) is 21.4. The van der Waals surface area contributed by atoms with E-state index in [9.17, 15) is 9.18 Å². The zero-order valence-corrected chi connectivity index (χ0v) is 21.4. The summed E-state index contributed by atoms with van der Waals surface area (Å²) in [4.78, 5) is 20.2. The second kappa shape index (κ2) is 11.4. The largest absolute Gasteiger partial charge is 0.328 e. The Balaban J connectivity index is 1.83. The molecular formula is C27H33FN8O. The van der Waals surface area contributed by atoms with Gasteiger partial charge in [-0.2, -0.15) is 0 Å². The maximum absolute atomic E-state index is 14.8. The van der Waals surface area contributed by atoms with Crippen LogP contribution in [0.25, 0.3) is 11.3 Å². The van der Waals surface area contributed by atoms with E-state index in [2.05, 4.69) is 20.1 Å². The predicted octanol–water partition coefficient (Wildman–Crippen LogP) is 3.50. The first kappa shape index (κ1) is 26.2. The summed E-state index contributed by atoms with van der Waals surface area (Å²) in [5.41, 5.74) is 7.99. The van der Waals surface area contributed by atoms with Crippen LogP contribution in [0, 0.1) is 5.41 Å². The van der Waals surface area contributed by atoms with Crippen LogP contribution in [-0.4, -0.2) is 59.8 Å². The van der Waals surface area contributed by atoms with Crippen molar-refractivity contribution in [2.24, 2.45) is 11.1 Å². The minimum absolute atomic E-state index is 0.123. The van der Waals surface area contributed by atoms with E-state index in [1.54, 1.807) is 0 Å². The van der Waals surface area contributed by atoms with E-state index in [1.165, 1.54) is 15.9 Å².